The number of hydrogen-bond donors (Lipinski definition) is 1. The molecule has 0 amide bonds. The van der Waals surface area contributed by atoms with Gasteiger partial charge in [-0.25, -0.2) is 0 Å². The predicted molar refractivity (Wildman–Crippen MR) is 80.2 cm³/mol. The molecule has 1 aliphatic heterocycles. The Bertz CT molecular complexity index is 405. The minimum absolute atomic E-state index is 0.149. The smallest absolute Gasteiger partial charge is 0.0485 e. The maximum atomic E-state index is 9.41. The van der Waals surface area contributed by atoms with Crippen LogP contribution in [0.25, 0.3) is 0 Å². The first-order chi connectivity index (χ1) is 9.02. The molecule has 0 saturated carbocycles. The summed E-state index contributed by atoms with van der Waals surface area (Å²) >= 11 is 0. The van der Waals surface area contributed by atoms with Crippen LogP contribution in [-0.2, 0) is 6.54 Å². The monoisotopic (exact) mass is 261 g/mol. The van der Waals surface area contributed by atoms with Gasteiger partial charge >= 0.3 is 0 Å². The highest BCUT2D eigenvalue weighted by Crippen LogP contribution is 2.30. The Morgan fingerprint density at radius 1 is 1.26 bits per heavy atom. The van der Waals surface area contributed by atoms with Crippen molar-refractivity contribution in [3.8, 4) is 0 Å². The van der Waals surface area contributed by atoms with E-state index >= 15 is 0 Å². The van der Waals surface area contributed by atoms with Crippen LogP contribution in [0.1, 0.15) is 50.7 Å². The zero-order chi connectivity index (χ0) is 13.9. The fraction of sp³-hybridized carbons (Fsp3) is 0.647. The molecule has 0 atom stereocenters. The van der Waals surface area contributed by atoms with Gasteiger partial charge in [0.2, 0.25) is 0 Å². The van der Waals surface area contributed by atoms with Crippen LogP contribution >= 0.6 is 0 Å². The maximum Gasteiger partial charge on any atom is 0.0485 e. The van der Waals surface area contributed by atoms with Gasteiger partial charge in [-0.15, -0.1) is 0 Å². The second-order valence-corrected chi connectivity index (χ2v) is 6.64. The van der Waals surface area contributed by atoms with Crippen molar-refractivity contribution in [1.29, 1.82) is 0 Å². The first-order valence-corrected chi connectivity index (χ1v) is 7.44. The first kappa shape index (κ1) is 14.5. The van der Waals surface area contributed by atoms with E-state index in [1.165, 1.54) is 11.1 Å². The molecule has 2 heteroatoms. The SMILES string of the molecule is CC(C)c1cccc(CN2CCC(C)(CO)CC2)c1. The van der Waals surface area contributed by atoms with E-state index < -0.39 is 0 Å². The highest BCUT2D eigenvalue weighted by atomic mass is 16.3. The van der Waals surface area contributed by atoms with Gasteiger partial charge < -0.3 is 5.11 Å². The van der Waals surface area contributed by atoms with Crippen LogP contribution in [0, 0.1) is 5.41 Å². The molecule has 1 heterocycles. The van der Waals surface area contributed by atoms with E-state index in [0.29, 0.717) is 12.5 Å². The molecule has 106 valence electrons. The van der Waals surface area contributed by atoms with Crippen molar-refractivity contribution in [1.82, 2.24) is 4.90 Å². The minimum atomic E-state index is 0.149. The number of likely N-dealkylation sites (tertiary alicyclic amines) is 1. The number of nitrogens with zero attached hydrogens (tertiary/aromatic N) is 1. The zero-order valence-corrected chi connectivity index (χ0v) is 12.5. The van der Waals surface area contributed by atoms with Crippen LogP contribution in [0.5, 0.6) is 0 Å². The lowest BCUT2D eigenvalue weighted by Gasteiger charge is -2.38. The summed E-state index contributed by atoms with van der Waals surface area (Å²) in [5.41, 5.74) is 2.99. The van der Waals surface area contributed by atoms with Crippen LogP contribution in [0.4, 0.5) is 0 Å². The van der Waals surface area contributed by atoms with E-state index in [0.717, 1.165) is 32.5 Å². The third-order valence-corrected chi connectivity index (χ3v) is 4.47. The van der Waals surface area contributed by atoms with Crippen molar-refractivity contribution < 1.29 is 5.11 Å². The first-order valence-electron chi connectivity index (χ1n) is 7.44. The number of hydrogen-bond acceptors (Lipinski definition) is 2. The second kappa shape index (κ2) is 6.06. The largest absolute Gasteiger partial charge is 0.396 e. The molecule has 19 heavy (non-hydrogen) atoms. The Labute approximate surface area is 117 Å². The summed E-state index contributed by atoms with van der Waals surface area (Å²) in [7, 11) is 0. The molecule has 1 fully saturated rings. The average Bonchev–Trinajstić information content (AvgIpc) is 2.42. The van der Waals surface area contributed by atoms with Gasteiger partial charge in [-0.1, -0.05) is 45.0 Å². The lowest BCUT2D eigenvalue weighted by molar-refractivity contribution is 0.0557. The molecule has 1 aromatic carbocycles. The van der Waals surface area contributed by atoms with Gasteiger partial charge in [-0.05, 0) is 48.4 Å². The fourth-order valence-electron chi connectivity index (χ4n) is 2.72. The van der Waals surface area contributed by atoms with Gasteiger partial charge in [0.25, 0.3) is 0 Å². The van der Waals surface area contributed by atoms with Crippen LogP contribution in [0.15, 0.2) is 24.3 Å². The number of piperidine rings is 1. The molecule has 1 saturated heterocycles. The van der Waals surface area contributed by atoms with E-state index in [1.807, 2.05) is 0 Å². The van der Waals surface area contributed by atoms with Crippen molar-refractivity contribution in [3.05, 3.63) is 35.4 Å². The lowest BCUT2D eigenvalue weighted by Crippen LogP contribution is -2.39. The Morgan fingerprint density at radius 2 is 1.95 bits per heavy atom. The van der Waals surface area contributed by atoms with Crippen molar-refractivity contribution in [2.75, 3.05) is 19.7 Å². The molecule has 2 nitrogen and oxygen atoms in total. The van der Waals surface area contributed by atoms with Gasteiger partial charge in [0.05, 0.1) is 0 Å². The van der Waals surface area contributed by atoms with Crippen LogP contribution in [0.2, 0.25) is 0 Å². The Balaban J connectivity index is 1.94. The summed E-state index contributed by atoms with van der Waals surface area (Å²) in [6.45, 7) is 10.3. The minimum Gasteiger partial charge on any atom is -0.396 e. The number of benzene rings is 1. The Kier molecular flexibility index (Phi) is 4.64. The molecule has 1 aromatic rings. The molecule has 1 N–H and O–H groups in total. The van der Waals surface area contributed by atoms with Gasteiger partial charge in [-0.2, -0.15) is 0 Å². The highest BCUT2D eigenvalue weighted by molar-refractivity contribution is 5.25. The van der Waals surface area contributed by atoms with Gasteiger partial charge in [-0.3, -0.25) is 4.90 Å². The van der Waals surface area contributed by atoms with Crippen molar-refractivity contribution >= 4 is 0 Å². The quantitative estimate of drug-likeness (QED) is 0.898. The summed E-state index contributed by atoms with van der Waals surface area (Å²) in [5.74, 6) is 0.596. The molecular formula is C17H27NO. The lowest BCUT2D eigenvalue weighted by atomic mass is 9.81. The van der Waals surface area contributed by atoms with E-state index in [2.05, 4.69) is 49.9 Å². The zero-order valence-electron chi connectivity index (χ0n) is 12.5. The number of aliphatic hydroxyl groups is 1. The molecule has 2 rings (SSSR count). The van der Waals surface area contributed by atoms with E-state index in [4.69, 9.17) is 0 Å². The molecule has 0 aliphatic carbocycles. The second-order valence-electron chi connectivity index (χ2n) is 6.64. The Morgan fingerprint density at radius 3 is 2.53 bits per heavy atom. The van der Waals surface area contributed by atoms with E-state index in [1.54, 1.807) is 0 Å². The molecule has 0 radical (unpaired) electrons. The summed E-state index contributed by atoms with van der Waals surface area (Å²) in [5, 5.41) is 9.41. The van der Waals surface area contributed by atoms with Crippen LogP contribution < -0.4 is 0 Å². The van der Waals surface area contributed by atoms with Gasteiger partial charge in [0.15, 0.2) is 0 Å². The van der Waals surface area contributed by atoms with Gasteiger partial charge in [0.1, 0.15) is 0 Å². The maximum absolute atomic E-state index is 9.41. The Hall–Kier alpha value is -0.860. The molecule has 1 aliphatic rings. The van der Waals surface area contributed by atoms with Crippen LogP contribution in [-0.4, -0.2) is 29.7 Å². The standard InChI is InChI=1S/C17H27NO/c1-14(2)16-6-4-5-15(11-16)12-18-9-7-17(3,13-19)8-10-18/h4-6,11,14,19H,7-10,12-13H2,1-3H3. The van der Waals surface area contributed by atoms with Crippen LogP contribution in [0.3, 0.4) is 0 Å². The molecule has 0 aromatic heterocycles. The van der Waals surface area contributed by atoms with Gasteiger partial charge in [0, 0.05) is 13.2 Å². The van der Waals surface area contributed by atoms with Crippen molar-refractivity contribution in [3.63, 3.8) is 0 Å². The average molecular weight is 261 g/mol. The van der Waals surface area contributed by atoms with E-state index in [-0.39, 0.29) is 5.41 Å². The van der Waals surface area contributed by atoms with Crippen molar-refractivity contribution in [2.45, 2.75) is 46.1 Å². The fourth-order valence-corrected chi connectivity index (χ4v) is 2.72. The summed E-state index contributed by atoms with van der Waals surface area (Å²) in [6, 6.07) is 8.95. The topological polar surface area (TPSA) is 23.5 Å². The molecule has 0 bridgehead atoms. The molecule has 0 unspecified atom stereocenters. The van der Waals surface area contributed by atoms with Crippen molar-refractivity contribution in [2.24, 2.45) is 5.41 Å². The normalized spacial score (nSPS) is 19.8. The summed E-state index contributed by atoms with van der Waals surface area (Å²) in [6.07, 6.45) is 2.21. The summed E-state index contributed by atoms with van der Waals surface area (Å²) < 4.78 is 0. The predicted octanol–water partition coefficient (Wildman–Crippen LogP) is 3.40. The number of aliphatic hydroxyl groups excluding tert-OH is 1. The highest BCUT2D eigenvalue weighted by Gasteiger charge is 2.29. The van der Waals surface area contributed by atoms with E-state index in [9.17, 15) is 5.11 Å². The third-order valence-electron chi connectivity index (χ3n) is 4.47. The molecular weight excluding hydrogens is 234 g/mol. The third kappa shape index (κ3) is 3.80. The molecule has 0 spiro atoms. The number of rotatable bonds is 4. The summed E-state index contributed by atoms with van der Waals surface area (Å²) in [4.78, 5) is 2.51.